The second kappa shape index (κ2) is 5.41. The van der Waals surface area contributed by atoms with E-state index in [2.05, 4.69) is 12.2 Å². The molecule has 128 valence electrons. The number of esters is 1. The van der Waals surface area contributed by atoms with Crippen molar-refractivity contribution in [1.82, 2.24) is 0 Å². The number of rotatable bonds is 2. The SMILES string of the molecule is CC(=O)Oc1ccc(N2C(=O)C3C4C=CC(C4=C(C)C)C3C2=O)cc1. The van der Waals surface area contributed by atoms with Gasteiger partial charge in [-0.3, -0.25) is 14.4 Å². The molecule has 1 aromatic rings. The summed E-state index contributed by atoms with van der Waals surface area (Å²) >= 11 is 0. The molecule has 4 atom stereocenters. The fraction of sp³-hybridized carbons (Fsp3) is 0.350. The molecular formula is C20H19NO4. The highest BCUT2D eigenvalue weighted by Crippen LogP contribution is 2.57. The Morgan fingerprint density at radius 2 is 1.44 bits per heavy atom. The van der Waals surface area contributed by atoms with Gasteiger partial charge in [-0.2, -0.15) is 0 Å². The van der Waals surface area contributed by atoms with Gasteiger partial charge in [0.05, 0.1) is 17.5 Å². The Labute approximate surface area is 146 Å². The van der Waals surface area contributed by atoms with Crippen LogP contribution in [0.5, 0.6) is 5.75 Å². The number of carbonyl (C=O) groups excluding carboxylic acids is 3. The number of ether oxygens (including phenoxy) is 1. The average molecular weight is 337 g/mol. The second-order valence-electron chi connectivity index (χ2n) is 7.04. The van der Waals surface area contributed by atoms with E-state index in [1.807, 2.05) is 13.8 Å². The zero-order chi connectivity index (χ0) is 17.9. The van der Waals surface area contributed by atoms with Gasteiger partial charge in [-0.1, -0.05) is 23.3 Å². The molecule has 2 bridgehead atoms. The first-order valence-electron chi connectivity index (χ1n) is 8.42. The molecule has 1 aromatic carbocycles. The van der Waals surface area contributed by atoms with Crippen molar-refractivity contribution in [3.8, 4) is 5.75 Å². The largest absolute Gasteiger partial charge is 0.427 e. The third-order valence-corrected chi connectivity index (χ3v) is 5.35. The van der Waals surface area contributed by atoms with E-state index in [-0.39, 0.29) is 35.5 Å². The first-order valence-corrected chi connectivity index (χ1v) is 8.42. The number of fused-ring (bicyclic) bond motifs is 5. The predicted molar refractivity (Wildman–Crippen MR) is 91.7 cm³/mol. The Kier molecular flexibility index (Phi) is 3.42. The molecular weight excluding hydrogens is 318 g/mol. The molecule has 25 heavy (non-hydrogen) atoms. The molecule has 0 N–H and O–H groups in total. The zero-order valence-corrected chi connectivity index (χ0v) is 14.4. The van der Waals surface area contributed by atoms with Crippen molar-refractivity contribution in [1.29, 1.82) is 0 Å². The van der Waals surface area contributed by atoms with E-state index in [0.29, 0.717) is 11.4 Å². The quantitative estimate of drug-likeness (QED) is 0.360. The summed E-state index contributed by atoms with van der Waals surface area (Å²) in [6.07, 6.45) is 4.15. The van der Waals surface area contributed by atoms with Crippen molar-refractivity contribution in [3.63, 3.8) is 0 Å². The van der Waals surface area contributed by atoms with Gasteiger partial charge in [-0.25, -0.2) is 4.90 Å². The molecule has 1 saturated carbocycles. The summed E-state index contributed by atoms with van der Waals surface area (Å²) in [4.78, 5) is 38.3. The van der Waals surface area contributed by atoms with E-state index in [1.54, 1.807) is 24.3 Å². The number of amides is 2. The summed E-state index contributed by atoms with van der Waals surface area (Å²) in [5, 5.41) is 0. The minimum Gasteiger partial charge on any atom is -0.427 e. The van der Waals surface area contributed by atoms with Gasteiger partial charge in [0.2, 0.25) is 11.8 Å². The standard InChI is InChI=1S/C20H19NO4/c1-10(2)16-14-8-9-15(16)18-17(14)19(23)21(20(18)24)12-4-6-13(7-5-12)25-11(3)22/h4-9,14-15,17-18H,1-3H3. The predicted octanol–water partition coefficient (Wildman–Crippen LogP) is 2.87. The highest BCUT2D eigenvalue weighted by molar-refractivity contribution is 6.23. The maximum atomic E-state index is 13.0. The van der Waals surface area contributed by atoms with Gasteiger partial charge in [0.15, 0.2) is 0 Å². The molecule has 4 rings (SSSR count). The number of hydrogen-bond donors (Lipinski definition) is 0. The Balaban J connectivity index is 1.65. The summed E-state index contributed by atoms with van der Waals surface area (Å²) in [5.74, 6) is -0.780. The molecule has 0 spiro atoms. The summed E-state index contributed by atoms with van der Waals surface area (Å²) < 4.78 is 5.00. The molecule has 1 saturated heterocycles. The first kappa shape index (κ1) is 15.8. The first-order chi connectivity index (χ1) is 11.9. The minimum atomic E-state index is -0.410. The van der Waals surface area contributed by atoms with Gasteiger partial charge in [0.1, 0.15) is 5.75 Å². The van der Waals surface area contributed by atoms with Crippen LogP contribution in [0.15, 0.2) is 47.6 Å². The van der Waals surface area contributed by atoms with Crippen molar-refractivity contribution in [2.75, 3.05) is 4.90 Å². The molecule has 0 radical (unpaired) electrons. The number of hydrogen-bond acceptors (Lipinski definition) is 4. The average Bonchev–Trinajstić information content (AvgIpc) is 3.18. The molecule has 2 fully saturated rings. The third kappa shape index (κ3) is 2.18. The van der Waals surface area contributed by atoms with Crippen molar-refractivity contribution in [3.05, 3.63) is 47.6 Å². The number of imide groups is 1. The van der Waals surface area contributed by atoms with Crippen LogP contribution in [0.25, 0.3) is 0 Å². The van der Waals surface area contributed by atoms with Crippen LogP contribution in [0.4, 0.5) is 5.69 Å². The van der Waals surface area contributed by atoms with Gasteiger partial charge in [-0.15, -0.1) is 0 Å². The topological polar surface area (TPSA) is 63.7 Å². The maximum Gasteiger partial charge on any atom is 0.308 e. The van der Waals surface area contributed by atoms with Crippen LogP contribution in [0.1, 0.15) is 20.8 Å². The second-order valence-corrected chi connectivity index (χ2v) is 7.04. The van der Waals surface area contributed by atoms with Gasteiger partial charge < -0.3 is 4.74 Å². The van der Waals surface area contributed by atoms with Crippen molar-refractivity contribution >= 4 is 23.5 Å². The fourth-order valence-electron chi connectivity index (χ4n) is 4.51. The van der Waals surface area contributed by atoms with Crippen LogP contribution in [-0.4, -0.2) is 17.8 Å². The van der Waals surface area contributed by atoms with E-state index >= 15 is 0 Å². The lowest BCUT2D eigenvalue weighted by Crippen LogP contribution is -2.33. The third-order valence-electron chi connectivity index (χ3n) is 5.35. The van der Waals surface area contributed by atoms with Crippen LogP contribution in [0.2, 0.25) is 0 Å². The van der Waals surface area contributed by atoms with E-state index in [9.17, 15) is 14.4 Å². The molecule has 4 unspecified atom stereocenters. The van der Waals surface area contributed by atoms with E-state index in [4.69, 9.17) is 4.74 Å². The normalized spacial score (nSPS) is 29.4. The summed E-state index contributed by atoms with van der Waals surface area (Å²) in [6, 6.07) is 6.48. The van der Waals surface area contributed by atoms with Gasteiger partial charge in [0.25, 0.3) is 0 Å². The lowest BCUT2D eigenvalue weighted by Gasteiger charge is -2.19. The molecule has 3 aliphatic rings. The van der Waals surface area contributed by atoms with Gasteiger partial charge >= 0.3 is 5.97 Å². The summed E-state index contributed by atoms with van der Waals surface area (Å²) in [7, 11) is 0. The summed E-state index contributed by atoms with van der Waals surface area (Å²) in [5.41, 5.74) is 2.97. The number of carbonyl (C=O) groups is 3. The molecule has 1 aliphatic heterocycles. The minimum absolute atomic E-state index is 0.0433. The van der Waals surface area contributed by atoms with Crippen molar-refractivity contribution in [2.45, 2.75) is 20.8 Å². The van der Waals surface area contributed by atoms with Crippen LogP contribution >= 0.6 is 0 Å². The van der Waals surface area contributed by atoms with Crippen LogP contribution in [-0.2, 0) is 14.4 Å². The fourth-order valence-corrected chi connectivity index (χ4v) is 4.51. The molecule has 5 heteroatoms. The van der Waals surface area contributed by atoms with Gasteiger partial charge in [0, 0.05) is 18.8 Å². The van der Waals surface area contributed by atoms with Gasteiger partial charge in [-0.05, 0) is 38.1 Å². The van der Waals surface area contributed by atoms with Crippen molar-refractivity contribution < 1.29 is 19.1 Å². The lowest BCUT2D eigenvalue weighted by molar-refractivity contribution is -0.132. The van der Waals surface area contributed by atoms with E-state index in [0.717, 1.165) is 0 Å². The molecule has 0 aromatic heterocycles. The molecule has 2 amide bonds. The smallest absolute Gasteiger partial charge is 0.308 e. The van der Waals surface area contributed by atoms with Crippen LogP contribution in [0, 0.1) is 23.7 Å². The van der Waals surface area contributed by atoms with E-state index in [1.165, 1.54) is 23.0 Å². The Morgan fingerprint density at radius 1 is 0.920 bits per heavy atom. The van der Waals surface area contributed by atoms with E-state index < -0.39 is 5.97 Å². The molecule has 5 nitrogen and oxygen atoms in total. The monoisotopic (exact) mass is 337 g/mol. The highest BCUT2D eigenvalue weighted by Gasteiger charge is 2.61. The highest BCUT2D eigenvalue weighted by atomic mass is 16.5. The maximum absolute atomic E-state index is 13.0. The zero-order valence-electron chi connectivity index (χ0n) is 14.4. The summed E-state index contributed by atoms with van der Waals surface area (Å²) in [6.45, 7) is 5.42. The van der Waals surface area contributed by atoms with Crippen LogP contribution < -0.4 is 9.64 Å². The number of allylic oxidation sites excluding steroid dienone is 4. The number of anilines is 1. The Morgan fingerprint density at radius 3 is 1.88 bits per heavy atom. The number of nitrogens with zero attached hydrogens (tertiary/aromatic N) is 1. The Bertz CT molecular complexity index is 811. The lowest BCUT2D eigenvalue weighted by atomic mass is 9.85. The Hall–Kier alpha value is -2.69. The van der Waals surface area contributed by atoms with Crippen molar-refractivity contribution in [2.24, 2.45) is 23.7 Å². The molecule has 1 heterocycles. The number of benzene rings is 1. The van der Waals surface area contributed by atoms with Crippen LogP contribution in [0.3, 0.4) is 0 Å². The molecule has 2 aliphatic carbocycles.